The molecule has 0 saturated heterocycles. The van der Waals surface area contributed by atoms with Crippen LogP contribution in [0.5, 0.6) is 0 Å². The summed E-state index contributed by atoms with van der Waals surface area (Å²) in [5, 5.41) is 14.3. The van der Waals surface area contributed by atoms with Crippen LogP contribution in [0.15, 0.2) is 35.0 Å². The molecule has 0 saturated carbocycles. The molecule has 7 nitrogen and oxygen atoms in total. The van der Waals surface area contributed by atoms with Crippen LogP contribution in [-0.4, -0.2) is 32.7 Å². The zero-order valence-corrected chi connectivity index (χ0v) is 14.9. The molecule has 0 bridgehead atoms. The quantitative estimate of drug-likeness (QED) is 0.754. The molecular formula is C19H21N5O2. The van der Waals surface area contributed by atoms with E-state index in [9.17, 15) is 4.79 Å². The number of aromatic amines is 1. The summed E-state index contributed by atoms with van der Waals surface area (Å²) in [5.41, 5.74) is 4.55. The molecule has 0 fully saturated rings. The Bertz CT molecular complexity index is 943. The number of nitrogens with zero attached hydrogens (tertiary/aromatic N) is 3. The maximum absolute atomic E-state index is 12.8. The molecule has 7 heteroatoms. The summed E-state index contributed by atoms with van der Waals surface area (Å²) in [7, 11) is 0. The molecule has 3 heterocycles. The van der Waals surface area contributed by atoms with Gasteiger partial charge in [-0.25, -0.2) is 0 Å². The van der Waals surface area contributed by atoms with Gasteiger partial charge >= 0.3 is 0 Å². The molecule has 1 aromatic carbocycles. The van der Waals surface area contributed by atoms with Crippen molar-refractivity contribution in [2.24, 2.45) is 0 Å². The molecule has 26 heavy (non-hydrogen) atoms. The number of aryl methyl sites for hydroxylation is 2. The lowest BCUT2D eigenvalue weighted by atomic mass is 10.1. The Labute approximate surface area is 151 Å². The van der Waals surface area contributed by atoms with E-state index in [0.717, 1.165) is 29.1 Å². The number of carbonyl (C=O) groups is 1. The van der Waals surface area contributed by atoms with Crippen LogP contribution in [-0.2, 0) is 19.4 Å². The monoisotopic (exact) mass is 351 g/mol. The largest absolute Gasteiger partial charge is 0.359 e. The van der Waals surface area contributed by atoms with Gasteiger partial charge in [0, 0.05) is 24.3 Å². The van der Waals surface area contributed by atoms with E-state index < -0.39 is 0 Å². The summed E-state index contributed by atoms with van der Waals surface area (Å²) >= 11 is 0. The normalized spacial score (nSPS) is 13.5. The summed E-state index contributed by atoms with van der Waals surface area (Å²) in [5.74, 6) is 1.50. The van der Waals surface area contributed by atoms with Crippen LogP contribution in [0.25, 0.3) is 0 Å². The van der Waals surface area contributed by atoms with Gasteiger partial charge in [0.1, 0.15) is 5.76 Å². The lowest BCUT2D eigenvalue weighted by Gasteiger charge is -2.26. The van der Waals surface area contributed by atoms with Crippen LogP contribution < -0.4 is 5.32 Å². The number of fused-ring (bicyclic) bond motifs is 1. The zero-order valence-electron chi connectivity index (χ0n) is 14.9. The Balaban J connectivity index is 1.58. The highest BCUT2D eigenvalue weighted by atomic mass is 16.5. The van der Waals surface area contributed by atoms with Crippen molar-refractivity contribution in [3.63, 3.8) is 0 Å². The van der Waals surface area contributed by atoms with Crippen molar-refractivity contribution in [3.8, 4) is 0 Å². The molecule has 2 N–H and O–H groups in total. The summed E-state index contributed by atoms with van der Waals surface area (Å²) < 4.78 is 5.51. The minimum atomic E-state index is -0.0250. The minimum absolute atomic E-state index is 0.0250. The number of hydrogen-bond acceptors (Lipinski definition) is 5. The average Bonchev–Trinajstić information content (AvgIpc) is 3.27. The second-order valence-corrected chi connectivity index (χ2v) is 6.45. The molecule has 0 spiro atoms. The van der Waals surface area contributed by atoms with Crippen LogP contribution in [0, 0.1) is 6.92 Å². The molecule has 1 aliphatic heterocycles. The summed E-state index contributed by atoms with van der Waals surface area (Å²) in [6.45, 7) is 5.05. The van der Waals surface area contributed by atoms with E-state index in [1.54, 1.807) is 6.20 Å². The standard InChI is InChI=1S/C19H21N5O2/c1-3-13-6-4-5-7-16(13)21-18-15-11-24(9-8-17(15)26-23-18)19(25)14-10-20-22-12(14)2/h4-7,10H,3,8-9,11H2,1-2H3,(H,20,22)(H,21,23). The average molecular weight is 351 g/mol. The maximum Gasteiger partial charge on any atom is 0.257 e. The molecular weight excluding hydrogens is 330 g/mol. The first-order valence-corrected chi connectivity index (χ1v) is 8.79. The van der Waals surface area contributed by atoms with Crippen LogP contribution in [0.3, 0.4) is 0 Å². The van der Waals surface area contributed by atoms with Gasteiger partial charge in [-0.1, -0.05) is 30.3 Å². The Morgan fingerprint density at radius 3 is 3.00 bits per heavy atom. The molecule has 0 aliphatic carbocycles. The topological polar surface area (TPSA) is 87.1 Å². The van der Waals surface area contributed by atoms with Gasteiger partial charge in [0.05, 0.1) is 23.9 Å². The molecule has 0 radical (unpaired) electrons. The van der Waals surface area contributed by atoms with Gasteiger partial charge < -0.3 is 14.7 Å². The van der Waals surface area contributed by atoms with E-state index in [2.05, 4.69) is 33.7 Å². The van der Waals surface area contributed by atoms with Crippen molar-refractivity contribution < 1.29 is 9.32 Å². The second kappa shape index (κ2) is 6.67. The molecule has 134 valence electrons. The minimum Gasteiger partial charge on any atom is -0.359 e. The first kappa shape index (κ1) is 16.4. The van der Waals surface area contributed by atoms with E-state index in [-0.39, 0.29) is 5.91 Å². The number of H-pyrrole nitrogens is 1. The fraction of sp³-hybridized carbons (Fsp3) is 0.316. The second-order valence-electron chi connectivity index (χ2n) is 6.45. The Morgan fingerprint density at radius 2 is 2.23 bits per heavy atom. The number of nitrogens with one attached hydrogen (secondary N) is 2. The molecule has 3 aromatic rings. The highest BCUT2D eigenvalue weighted by Gasteiger charge is 2.29. The number of aromatic nitrogens is 3. The van der Waals surface area contributed by atoms with E-state index in [1.807, 2.05) is 30.0 Å². The third kappa shape index (κ3) is 2.85. The van der Waals surface area contributed by atoms with Crippen molar-refractivity contribution >= 4 is 17.4 Å². The number of rotatable bonds is 4. The lowest BCUT2D eigenvalue weighted by Crippen LogP contribution is -2.35. The van der Waals surface area contributed by atoms with Crippen LogP contribution in [0.4, 0.5) is 11.5 Å². The first-order valence-electron chi connectivity index (χ1n) is 8.79. The van der Waals surface area contributed by atoms with Gasteiger partial charge in [0.2, 0.25) is 0 Å². The van der Waals surface area contributed by atoms with Crippen molar-refractivity contribution in [2.75, 3.05) is 11.9 Å². The Kier molecular flexibility index (Phi) is 4.20. The predicted molar refractivity (Wildman–Crippen MR) is 97.4 cm³/mol. The number of anilines is 2. The van der Waals surface area contributed by atoms with Gasteiger partial charge in [0.15, 0.2) is 5.82 Å². The summed E-state index contributed by atoms with van der Waals surface area (Å²) in [4.78, 5) is 14.6. The number of para-hydroxylation sites is 1. The Morgan fingerprint density at radius 1 is 1.38 bits per heavy atom. The third-order valence-corrected chi connectivity index (χ3v) is 4.83. The van der Waals surface area contributed by atoms with Crippen molar-refractivity contribution in [1.29, 1.82) is 0 Å². The fourth-order valence-electron chi connectivity index (χ4n) is 3.30. The third-order valence-electron chi connectivity index (χ3n) is 4.83. The summed E-state index contributed by atoms with van der Waals surface area (Å²) in [6.07, 6.45) is 3.16. The molecule has 1 amide bonds. The summed E-state index contributed by atoms with van der Waals surface area (Å²) in [6, 6.07) is 8.13. The zero-order chi connectivity index (χ0) is 18.1. The molecule has 0 unspecified atom stereocenters. The number of benzene rings is 1. The fourth-order valence-corrected chi connectivity index (χ4v) is 3.30. The van der Waals surface area contributed by atoms with Crippen molar-refractivity contribution in [3.05, 3.63) is 58.6 Å². The lowest BCUT2D eigenvalue weighted by molar-refractivity contribution is 0.0728. The van der Waals surface area contributed by atoms with Crippen LogP contribution >= 0.6 is 0 Å². The van der Waals surface area contributed by atoms with Crippen molar-refractivity contribution in [2.45, 2.75) is 33.2 Å². The number of carbonyl (C=O) groups excluding carboxylic acids is 1. The van der Waals surface area contributed by atoms with E-state index in [4.69, 9.17) is 4.52 Å². The van der Waals surface area contributed by atoms with Gasteiger partial charge in [-0.3, -0.25) is 9.89 Å². The number of hydrogen-bond donors (Lipinski definition) is 2. The van der Waals surface area contributed by atoms with Gasteiger partial charge in [-0.2, -0.15) is 5.10 Å². The van der Waals surface area contributed by atoms with E-state index in [0.29, 0.717) is 30.9 Å². The number of amides is 1. The maximum atomic E-state index is 12.8. The van der Waals surface area contributed by atoms with E-state index >= 15 is 0 Å². The van der Waals surface area contributed by atoms with Gasteiger partial charge in [-0.15, -0.1) is 0 Å². The highest BCUT2D eigenvalue weighted by Crippen LogP contribution is 2.30. The Hall–Kier alpha value is -3.09. The van der Waals surface area contributed by atoms with Crippen LogP contribution in [0.2, 0.25) is 0 Å². The van der Waals surface area contributed by atoms with E-state index in [1.165, 1.54) is 5.56 Å². The molecule has 1 aliphatic rings. The first-order chi connectivity index (χ1) is 12.7. The predicted octanol–water partition coefficient (Wildman–Crippen LogP) is 3.21. The van der Waals surface area contributed by atoms with Crippen LogP contribution in [0.1, 0.15) is 39.9 Å². The molecule has 4 rings (SSSR count). The van der Waals surface area contributed by atoms with Gasteiger partial charge in [-0.05, 0) is 25.0 Å². The smallest absolute Gasteiger partial charge is 0.257 e. The highest BCUT2D eigenvalue weighted by molar-refractivity contribution is 5.95. The SMILES string of the molecule is CCc1ccccc1Nc1noc2c1CN(C(=O)c1cn[nH]c1C)CC2. The molecule has 2 aromatic heterocycles. The van der Waals surface area contributed by atoms with Crippen molar-refractivity contribution in [1.82, 2.24) is 20.3 Å². The molecule has 0 atom stereocenters. The van der Waals surface area contributed by atoms with Gasteiger partial charge in [0.25, 0.3) is 5.91 Å².